The van der Waals surface area contributed by atoms with E-state index in [9.17, 15) is 33.9 Å². The van der Waals surface area contributed by atoms with Gasteiger partial charge in [0, 0.05) is 18.3 Å². The summed E-state index contributed by atoms with van der Waals surface area (Å²) in [4.78, 5) is 74.4. The van der Waals surface area contributed by atoms with Gasteiger partial charge >= 0.3 is 37.0 Å². The Morgan fingerprint density at radius 3 is 1.16 bits per heavy atom. The molecule has 4 atom stereocenters. The molecule has 0 saturated heterocycles. The maximum atomic E-state index is 13.0. The van der Waals surface area contributed by atoms with Crippen molar-refractivity contribution in [2.24, 2.45) is 58.2 Å². The predicted molar refractivity (Wildman–Crippen MR) is 205 cm³/mol. The normalized spacial score (nSPS) is 33.8. The molecule has 0 radical (unpaired) electrons. The summed E-state index contributed by atoms with van der Waals surface area (Å²) in [6, 6.07) is 0. The Labute approximate surface area is 346 Å². The third-order valence-corrected chi connectivity index (χ3v) is 14.0. The first-order chi connectivity index (χ1) is 24.6. The first-order valence-corrected chi connectivity index (χ1v) is 20.5. The van der Waals surface area contributed by atoms with Crippen molar-refractivity contribution in [1.82, 2.24) is 10.6 Å². The van der Waals surface area contributed by atoms with E-state index in [1.54, 1.807) is 76.2 Å². The summed E-state index contributed by atoms with van der Waals surface area (Å²) >= 11 is 0. The van der Waals surface area contributed by atoms with Crippen molar-refractivity contribution in [1.29, 1.82) is 0 Å². The van der Waals surface area contributed by atoms with Crippen LogP contribution in [0.4, 0.5) is 9.59 Å². The summed E-state index contributed by atoms with van der Waals surface area (Å²) in [5.74, 6) is 3.06. The van der Waals surface area contributed by atoms with Crippen LogP contribution in [0.5, 0.6) is 0 Å². The number of Topliss-reactive ketones (excluding diaryl/α,β-unsaturated/α-hetero) is 3. The van der Waals surface area contributed by atoms with Crippen LogP contribution in [0.3, 0.4) is 0 Å². The van der Waals surface area contributed by atoms with Crippen LogP contribution in [0.2, 0.25) is 0 Å². The SMILES string of the molecule is CC(=O)C12CC3CC(C1)C(CC(=O)C(C)(C)NC(=O)OC(C)(C)C)C(C3)C2.CC(C)(C)OC(=O)NC(C)(C)C(=O)CC1C2CC3CC1CC(C(=O)O)(C3)C2.[Li+].[OH-]. The molecule has 56 heavy (non-hydrogen) atoms. The average Bonchev–Trinajstić information content (AvgIpc) is 2.97. The molecular weight excluding hydrogens is 711 g/mol. The number of alkyl carbamates (subject to hydrolysis) is 2. The van der Waals surface area contributed by atoms with Crippen LogP contribution in [0.1, 0.15) is 153 Å². The minimum absolute atomic E-state index is 0. The smallest absolute Gasteiger partial charge is 0.870 e. The summed E-state index contributed by atoms with van der Waals surface area (Å²) in [5.41, 5.74) is -3.82. The number of ketones is 3. The van der Waals surface area contributed by atoms with E-state index in [4.69, 9.17) is 9.47 Å². The Morgan fingerprint density at radius 2 is 0.875 bits per heavy atom. The van der Waals surface area contributed by atoms with Crippen molar-refractivity contribution in [3.63, 3.8) is 0 Å². The Hall–Kier alpha value is -2.42. The minimum Gasteiger partial charge on any atom is -0.870 e. The van der Waals surface area contributed by atoms with Gasteiger partial charge in [-0.15, -0.1) is 0 Å². The van der Waals surface area contributed by atoms with Crippen LogP contribution in [-0.2, 0) is 28.7 Å². The van der Waals surface area contributed by atoms with Gasteiger partial charge in [-0.1, -0.05) is 0 Å². The molecule has 8 fully saturated rings. The molecule has 8 aliphatic rings. The molecule has 0 spiro atoms. The average molecular weight is 781 g/mol. The number of aliphatic carboxylic acids is 1. The van der Waals surface area contributed by atoms with Crippen LogP contribution in [-0.4, -0.2) is 68.4 Å². The predicted octanol–water partition coefficient (Wildman–Crippen LogP) is 4.88. The number of nitrogens with one attached hydrogen (secondary N) is 2. The minimum atomic E-state index is -0.999. The van der Waals surface area contributed by atoms with Gasteiger partial charge in [0.1, 0.15) is 17.0 Å². The fraction of sp³-hybridized carbons (Fsp3) is 0.860. The maximum Gasteiger partial charge on any atom is 1.00 e. The standard InChI is InChI=1S/C22H35NO4.C21H33NO5.Li.H2O/c1-13(24)22-10-14-7-15(11-22)17(16(8-14)12-22)9-18(25)21(5,6)23-19(26)27-20(2,3)4;1-19(2,3)27-18(26)22-20(4,5)16(23)8-15-13-6-12-7-14(15)11-21(9-12,10-13)17(24)25;;/h14-17H,7-12H2,1-6H3,(H,23,26);12-15H,6-11H2,1-5H3,(H,22,26)(H,24,25);;1H2/q;;+1;/p-1. The molecule has 0 aromatic rings. The van der Waals surface area contributed by atoms with E-state index >= 15 is 0 Å². The van der Waals surface area contributed by atoms with Gasteiger partial charge in [0.05, 0.1) is 16.5 Å². The zero-order valence-corrected chi connectivity index (χ0v) is 36.3. The zero-order valence-electron chi connectivity index (χ0n) is 36.3. The molecule has 0 aliphatic heterocycles. The second-order valence-electron chi connectivity index (χ2n) is 21.4. The Balaban J connectivity index is 0.000000290. The molecule has 312 valence electrons. The molecule has 2 amide bonds. The second-order valence-corrected chi connectivity index (χ2v) is 21.4. The third kappa shape index (κ3) is 10.6. The molecule has 13 heteroatoms. The Bertz CT molecular complexity index is 1380. The van der Waals surface area contributed by atoms with Crippen LogP contribution >= 0.6 is 0 Å². The van der Waals surface area contributed by atoms with Gasteiger partial charge in [0.15, 0.2) is 11.6 Å². The van der Waals surface area contributed by atoms with Crippen molar-refractivity contribution >= 4 is 35.5 Å². The zero-order chi connectivity index (χ0) is 40.4. The molecule has 8 aliphatic carbocycles. The first kappa shape index (κ1) is 47.9. The van der Waals surface area contributed by atoms with Gasteiger partial charge in [0.2, 0.25) is 0 Å². The number of rotatable bonds is 10. The van der Waals surface area contributed by atoms with Crippen LogP contribution in [0.25, 0.3) is 0 Å². The van der Waals surface area contributed by atoms with Gasteiger partial charge < -0.3 is 30.7 Å². The van der Waals surface area contributed by atoms with Crippen molar-refractivity contribution < 1.29 is 67.7 Å². The van der Waals surface area contributed by atoms with E-state index in [2.05, 4.69) is 10.6 Å². The molecule has 4 N–H and O–H groups in total. The number of hydrogen-bond donors (Lipinski definition) is 3. The van der Waals surface area contributed by atoms with E-state index in [-0.39, 0.29) is 47.2 Å². The summed E-state index contributed by atoms with van der Waals surface area (Å²) in [5, 5.41) is 15.2. The molecule has 8 rings (SSSR count). The number of carbonyl (C=O) groups is 6. The molecule has 4 unspecified atom stereocenters. The molecular formula is C43H69LiN2O10. The van der Waals surface area contributed by atoms with Crippen molar-refractivity contribution in [3.05, 3.63) is 0 Å². The summed E-state index contributed by atoms with van der Waals surface area (Å²) in [6.07, 6.45) is 9.32. The third-order valence-electron chi connectivity index (χ3n) is 14.0. The molecule has 0 aromatic carbocycles. The summed E-state index contributed by atoms with van der Waals surface area (Å²) in [7, 11) is 0. The Kier molecular flexibility index (Phi) is 14.3. The van der Waals surface area contributed by atoms with E-state index in [0.29, 0.717) is 72.9 Å². The molecule has 0 aromatic heterocycles. The van der Waals surface area contributed by atoms with Gasteiger partial charge in [-0.25, -0.2) is 9.59 Å². The van der Waals surface area contributed by atoms with Crippen LogP contribution in [0.15, 0.2) is 0 Å². The number of amides is 2. The summed E-state index contributed by atoms with van der Waals surface area (Å²) < 4.78 is 10.6. The van der Waals surface area contributed by atoms with Crippen molar-refractivity contribution in [2.75, 3.05) is 0 Å². The number of carboxylic acid groups (broad SMARTS) is 1. The fourth-order valence-corrected chi connectivity index (χ4v) is 11.8. The second kappa shape index (κ2) is 16.7. The summed E-state index contributed by atoms with van der Waals surface area (Å²) in [6.45, 7) is 19.5. The molecule has 12 nitrogen and oxygen atoms in total. The molecule has 8 bridgehead atoms. The van der Waals surface area contributed by atoms with Gasteiger partial charge in [-0.05, 0) is 188 Å². The van der Waals surface area contributed by atoms with E-state index in [1.165, 1.54) is 0 Å². The number of ether oxygens (including phenoxy) is 2. The number of hydrogen-bond acceptors (Lipinski definition) is 9. The van der Waals surface area contributed by atoms with Gasteiger partial charge in [-0.2, -0.15) is 0 Å². The Morgan fingerprint density at radius 1 is 0.571 bits per heavy atom. The van der Waals surface area contributed by atoms with Crippen molar-refractivity contribution in [2.45, 2.75) is 175 Å². The number of carbonyl (C=O) groups excluding carboxylic acids is 5. The van der Waals surface area contributed by atoms with E-state index in [1.807, 2.05) is 0 Å². The van der Waals surface area contributed by atoms with E-state index in [0.717, 1.165) is 51.4 Å². The fourth-order valence-electron chi connectivity index (χ4n) is 11.8. The number of carboxylic acids is 1. The largest absolute Gasteiger partial charge is 1.00 e. The van der Waals surface area contributed by atoms with Gasteiger partial charge in [-0.3, -0.25) is 19.2 Å². The van der Waals surface area contributed by atoms with Crippen molar-refractivity contribution in [3.8, 4) is 0 Å². The van der Waals surface area contributed by atoms with Gasteiger partial charge in [0.25, 0.3) is 0 Å². The van der Waals surface area contributed by atoms with Crippen LogP contribution in [0, 0.1) is 58.2 Å². The molecule has 8 saturated carbocycles. The van der Waals surface area contributed by atoms with Crippen LogP contribution < -0.4 is 29.5 Å². The molecule has 0 heterocycles. The maximum absolute atomic E-state index is 13.0. The van der Waals surface area contributed by atoms with E-state index < -0.39 is 45.9 Å². The first-order valence-electron chi connectivity index (χ1n) is 20.5. The topological polar surface area (TPSA) is 195 Å². The monoisotopic (exact) mass is 781 g/mol. The quantitative estimate of drug-likeness (QED) is 0.257.